The van der Waals surface area contributed by atoms with Gasteiger partial charge in [-0.15, -0.1) is 11.3 Å². The molecule has 0 amide bonds. The molecule has 1 N–H and O–H groups in total. The summed E-state index contributed by atoms with van der Waals surface area (Å²) in [6.45, 7) is 4.83. The minimum Gasteiger partial charge on any atom is -0.385 e. The Morgan fingerprint density at radius 2 is 2.43 bits per heavy atom. The van der Waals surface area contributed by atoms with Gasteiger partial charge in [0.2, 0.25) is 0 Å². The fourth-order valence-electron chi connectivity index (χ4n) is 1.15. The maximum absolute atomic E-state index is 4.96. The number of rotatable bonds is 7. The third kappa shape index (κ3) is 4.17. The van der Waals surface area contributed by atoms with E-state index in [-0.39, 0.29) is 0 Å². The maximum Gasteiger partial charge on any atom is 0.0926 e. The maximum atomic E-state index is 4.96. The average Bonchev–Trinajstić information content (AvgIpc) is 2.65. The first-order valence-corrected chi connectivity index (χ1v) is 5.87. The highest BCUT2D eigenvalue weighted by Gasteiger charge is 1.98. The second-order valence-corrected chi connectivity index (χ2v) is 4.05. The molecule has 0 radical (unpaired) electrons. The first-order valence-electron chi connectivity index (χ1n) is 4.99. The molecule has 0 atom stereocenters. The summed E-state index contributed by atoms with van der Waals surface area (Å²) < 4.78 is 4.96. The van der Waals surface area contributed by atoms with Crippen LogP contribution < -0.4 is 5.32 Å². The molecule has 80 valence electrons. The molecule has 1 rings (SSSR count). The lowest BCUT2D eigenvalue weighted by atomic mass is 10.4. The molecule has 1 aromatic rings. The van der Waals surface area contributed by atoms with Crippen molar-refractivity contribution in [3.8, 4) is 0 Å². The lowest BCUT2D eigenvalue weighted by Gasteiger charge is -2.01. The van der Waals surface area contributed by atoms with E-state index in [9.17, 15) is 0 Å². The van der Waals surface area contributed by atoms with Crippen molar-refractivity contribution in [3.05, 3.63) is 16.1 Å². The van der Waals surface area contributed by atoms with E-state index in [0.717, 1.165) is 38.2 Å². The molecule has 0 aliphatic carbocycles. The zero-order valence-electron chi connectivity index (χ0n) is 8.88. The summed E-state index contributed by atoms with van der Waals surface area (Å²) in [7, 11) is 1.73. The largest absolute Gasteiger partial charge is 0.385 e. The van der Waals surface area contributed by atoms with E-state index in [2.05, 4.69) is 22.6 Å². The molecule has 0 aromatic carbocycles. The molecule has 0 aliphatic heterocycles. The van der Waals surface area contributed by atoms with Gasteiger partial charge in [-0.3, -0.25) is 0 Å². The SMILES string of the molecule is CCc1nc(CNCCCOC)cs1. The van der Waals surface area contributed by atoms with Gasteiger partial charge >= 0.3 is 0 Å². The number of hydrogen-bond acceptors (Lipinski definition) is 4. The van der Waals surface area contributed by atoms with E-state index in [1.807, 2.05) is 0 Å². The van der Waals surface area contributed by atoms with E-state index in [1.54, 1.807) is 18.4 Å². The fraction of sp³-hybridized carbons (Fsp3) is 0.700. The van der Waals surface area contributed by atoms with Gasteiger partial charge in [0.1, 0.15) is 0 Å². The highest BCUT2D eigenvalue weighted by Crippen LogP contribution is 2.09. The summed E-state index contributed by atoms with van der Waals surface area (Å²) in [6.07, 6.45) is 2.09. The van der Waals surface area contributed by atoms with Crippen LogP contribution in [-0.4, -0.2) is 25.2 Å². The first kappa shape index (κ1) is 11.6. The summed E-state index contributed by atoms with van der Waals surface area (Å²) in [5, 5.41) is 6.69. The van der Waals surface area contributed by atoms with Gasteiger partial charge in [-0.2, -0.15) is 0 Å². The van der Waals surface area contributed by atoms with Gasteiger partial charge in [0, 0.05) is 25.6 Å². The van der Waals surface area contributed by atoms with E-state index in [0.29, 0.717) is 0 Å². The molecule has 0 aliphatic rings. The molecule has 0 bridgehead atoms. The van der Waals surface area contributed by atoms with Crippen molar-refractivity contribution in [1.29, 1.82) is 0 Å². The third-order valence-electron chi connectivity index (χ3n) is 1.91. The normalized spacial score (nSPS) is 10.7. The van der Waals surface area contributed by atoms with Gasteiger partial charge in [-0.05, 0) is 19.4 Å². The predicted molar refractivity (Wildman–Crippen MR) is 59.7 cm³/mol. The quantitative estimate of drug-likeness (QED) is 0.703. The summed E-state index contributed by atoms with van der Waals surface area (Å²) in [6, 6.07) is 0. The Morgan fingerprint density at radius 1 is 1.57 bits per heavy atom. The van der Waals surface area contributed by atoms with Gasteiger partial charge < -0.3 is 10.1 Å². The Bertz CT molecular complexity index is 250. The summed E-state index contributed by atoms with van der Waals surface area (Å²) in [4.78, 5) is 4.47. The molecule has 3 nitrogen and oxygen atoms in total. The molecule has 14 heavy (non-hydrogen) atoms. The van der Waals surface area contributed by atoms with Crippen molar-refractivity contribution in [2.45, 2.75) is 26.3 Å². The molecule has 0 saturated heterocycles. The average molecular weight is 214 g/mol. The Kier molecular flexibility index (Phi) is 5.75. The fourth-order valence-corrected chi connectivity index (χ4v) is 1.90. The van der Waals surface area contributed by atoms with Crippen LogP contribution in [0, 0.1) is 0 Å². The van der Waals surface area contributed by atoms with E-state index >= 15 is 0 Å². The van der Waals surface area contributed by atoms with E-state index in [1.165, 1.54) is 5.01 Å². The summed E-state index contributed by atoms with van der Waals surface area (Å²) in [5.74, 6) is 0. The van der Waals surface area contributed by atoms with Crippen LogP contribution in [0.25, 0.3) is 0 Å². The lowest BCUT2D eigenvalue weighted by Crippen LogP contribution is -2.16. The Morgan fingerprint density at radius 3 is 3.07 bits per heavy atom. The van der Waals surface area contributed by atoms with Crippen LogP contribution in [-0.2, 0) is 17.7 Å². The van der Waals surface area contributed by atoms with Gasteiger partial charge in [0.15, 0.2) is 0 Å². The molecule has 4 heteroatoms. The van der Waals surface area contributed by atoms with Crippen LogP contribution in [0.2, 0.25) is 0 Å². The van der Waals surface area contributed by atoms with Gasteiger partial charge in [-0.1, -0.05) is 6.92 Å². The van der Waals surface area contributed by atoms with Crippen molar-refractivity contribution in [1.82, 2.24) is 10.3 Å². The minimum atomic E-state index is 0.824. The molecule has 0 fully saturated rings. The van der Waals surface area contributed by atoms with Crippen LogP contribution >= 0.6 is 11.3 Å². The Hall–Kier alpha value is -0.450. The standard InChI is InChI=1S/C10H18N2OS/c1-3-10-12-9(8-14-10)7-11-5-4-6-13-2/h8,11H,3-7H2,1-2H3. The lowest BCUT2D eigenvalue weighted by molar-refractivity contribution is 0.194. The summed E-state index contributed by atoms with van der Waals surface area (Å²) in [5.41, 5.74) is 1.16. The molecule has 0 spiro atoms. The zero-order valence-corrected chi connectivity index (χ0v) is 9.69. The zero-order chi connectivity index (χ0) is 10.2. The third-order valence-corrected chi connectivity index (χ3v) is 2.95. The van der Waals surface area contributed by atoms with Crippen molar-refractivity contribution >= 4 is 11.3 Å². The molecule has 0 saturated carbocycles. The Labute approximate surface area is 89.5 Å². The minimum absolute atomic E-state index is 0.824. The number of nitrogens with zero attached hydrogens (tertiary/aromatic N) is 1. The monoisotopic (exact) mass is 214 g/mol. The van der Waals surface area contributed by atoms with Gasteiger partial charge in [-0.25, -0.2) is 4.98 Å². The van der Waals surface area contributed by atoms with Crippen molar-refractivity contribution in [2.24, 2.45) is 0 Å². The number of hydrogen-bond donors (Lipinski definition) is 1. The van der Waals surface area contributed by atoms with Crippen LogP contribution in [0.15, 0.2) is 5.38 Å². The second-order valence-electron chi connectivity index (χ2n) is 3.11. The van der Waals surface area contributed by atoms with Crippen LogP contribution in [0.1, 0.15) is 24.0 Å². The van der Waals surface area contributed by atoms with E-state index < -0.39 is 0 Å². The number of thiazole rings is 1. The van der Waals surface area contributed by atoms with Crippen molar-refractivity contribution < 1.29 is 4.74 Å². The number of aromatic nitrogens is 1. The highest BCUT2D eigenvalue weighted by atomic mass is 32.1. The van der Waals surface area contributed by atoms with Crippen LogP contribution in [0.4, 0.5) is 0 Å². The van der Waals surface area contributed by atoms with Gasteiger partial charge in [0.25, 0.3) is 0 Å². The Balaban J connectivity index is 2.12. The van der Waals surface area contributed by atoms with Crippen molar-refractivity contribution in [2.75, 3.05) is 20.3 Å². The molecule has 0 unspecified atom stereocenters. The molecular formula is C10H18N2OS. The topological polar surface area (TPSA) is 34.2 Å². The number of ether oxygens (including phenoxy) is 1. The molecule has 1 heterocycles. The molecule has 1 aromatic heterocycles. The van der Waals surface area contributed by atoms with E-state index in [4.69, 9.17) is 4.74 Å². The highest BCUT2D eigenvalue weighted by molar-refractivity contribution is 7.09. The van der Waals surface area contributed by atoms with Crippen molar-refractivity contribution in [3.63, 3.8) is 0 Å². The smallest absolute Gasteiger partial charge is 0.0926 e. The predicted octanol–water partition coefficient (Wildman–Crippen LogP) is 1.83. The number of nitrogens with one attached hydrogen (secondary N) is 1. The van der Waals surface area contributed by atoms with Crippen LogP contribution in [0.3, 0.4) is 0 Å². The number of aryl methyl sites for hydroxylation is 1. The van der Waals surface area contributed by atoms with Crippen LogP contribution in [0.5, 0.6) is 0 Å². The summed E-state index contributed by atoms with van der Waals surface area (Å²) >= 11 is 1.74. The second kappa shape index (κ2) is 6.92. The number of methoxy groups -OCH3 is 1. The van der Waals surface area contributed by atoms with Gasteiger partial charge in [0.05, 0.1) is 10.7 Å². The molecular weight excluding hydrogens is 196 g/mol. The first-order chi connectivity index (χ1) is 6.86.